The minimum atomic E-state index is 0.707. The molecule has 3 aromatic heterocycles. The molecule has 4 aromatic rings. The molecule has 0 atom stereocenters. The van der Waals surface area contributed by atoms with E-state index in [-0.39, 0.29) is 0 Å². The van der Waals surface area contributed by atoms with Gasteiger partial charge in [-0.05, 0) is 42.1 Å². The zero-order chi connectivity index (χ0) is 19.3. The van der Waals surface area contributed by atoms with E-state index in [9.17, 15) is 0 Å². The molecule has 28 heavy (non-hydrogen) atoms. The molecule has 1 aromatic carbocycles. The second-order valence-corrected chi connectivity index (χ2v) is 6.98. The SMILES string of the molecule is COc1ccc(OC)c(Sc2nc3cncnc3n2CCc2ccccn2)c1. The van der Waals surface area contributed by atoms with Crippen LogP contribution in [0.5, 0.6) is 11.5 Å². The summed E-state index contributed by atoms with van der Waals surface area (Å²) in [4.78, 5) is 18.6. The summed E-state index contributed by atoms with van der Waals surface area (Å²) in [6, 6.07) is 11.6. The van der Waals surface area contributed by atoms with Gasteiger partial charge in [0.2, 0.25) is 0 Å². The fourth-order valence-electron chi connectivity index (χ4n) is 2.87. The van der Waals surface area contributed by atoms with Gasteiger partial charge in [-0.25, -0.2) is 15.0 Å². The van der Waals surface area contributed by atoms with E-state index in [4.69, 9.17) is 14.5 Å². The van der Waals surface area contributed by atoms with Crippen LogP contribution in [0.15, 0.2) is 65.2 Å². The molecule has 0 aliphatic heterocycles. The van der Waals surface area contributed by atoms with Crippen molar-refractivity contribution >= 4 is 22.9 Å². The average molecular weight is 393 g/mol. The van der Waals surface area contributed by atoms with Crippen LogP contribution in [-0.4, -0.2) is 38.7 Å². The van der Waals surface area contributed by atoms with E-state index in [2.05, 4.69) is 19.5 Å². The highest BCUT2D eigenvalue weighted by molar-refractivity contribution is 7.99. The third kappa shape index (κ3) is 3.77. The first-order chi connectivity index (χ1) is 13.8. The van der Waals surface area contributed by atoms with Gasteiger partial charge in [0.1, 0.15) is 23.3 Å². The Balaban J connectivity index is 1.70. The van der Waals surface area contributed by atoms with Gasteiger partial charge in [-0.2, -0.15) is 0 Å². The summed E-state index contributed by atoms with van der Waals surface area (Å²) in [6.45, 7) is 0.707. The molecular formula is C20H19N5O2S. The van der Waals surface area contributed by atoms with Crippen molar-refractivity contribution in [3.8, 4) is 11.5 Å². The van der Waals surface area contributed by atoms with E-state index in [0.717, 1.165) is 44.8 Å². The van der Waals surface area contributed by atoms with Crippen LogP contribution < -0.4 is 9.47 Å². The zero-order valence-corrected chi connectivity index (χ0v) is 16.4. The van der Waals surface area contributed by atoms with Crippen molar-refractivity contribution in [3.63, 3.8) is 0 Å². The molecule has 0 spiro atoms. The van der Waals surface area contributed by atoms with Crippen LogP contribution in [-0.2, 0) is 13.0 Å². The molecule has 0 unspecified atom stereocenters. The first-order valence-corrected chi connectivity index (χ1v) is 9.56. The summed E-state index contributed by atoms with van der Waals surface area (Å²) >= 11 is 1.51. The lowest BCUT2D eigenvalue weighted by atomic mass is 10.3. The second kappa shape index (κ2) is 8.26. The van der Waals surface area contributed by atoms with Gasteiger partial charge in [-0.3, -0.25) is 4.98 Å². The molecule has 0 amide bonds. The van der Waals surface area contributed by atoms with Gasteiger partial charge in [-0.15, -0.1) is 0 Å². The Morgan fingerprint density at radius 2 is 2.00 bits per heavy atom. The molecule has 0 saturated carbocycles. The predicted octanol–water partition coefficient (Wildman–Crippen LogP) is 3.63. The minimum absolute atomic E-state index is 0.707. The molecule has 0 aliphatic rings. The minimum Gasteiger partial charge on any atom is -0.497 e. The summed E-state index contributed by atoms with van der Waals surface area (Å²) < 4.78 is 13.0. The average Bonchev–Trinajstić information content (AvgIpc) is 3.10. The van der Waals surface area contributed by atoms with Gasteiger partial charge in [0.15, 0.2) is 10.8 Å². The number of imidazole rings is 1. The Bertz CT molecular complexity index is 1080. The summed E-state index contributed by atoms with van der Waals surface area (Å²) in [7, 11) is 3.30. The van der Waals surface area contributed by atoms with Crippen LogP contribution in [0.3, 0.4) is 0 Å². The number of aryl methyl sites for hydroxylation is 2. The molecular weight excluding hydrogens is 374 g/mol. The molecule has 0 saturated heterocycles. The smallest absolute Gasteiger partial charge is 0.175 e. The Hall–Kier alpha value is -3.13. The van der Waals surface area contributed by atoms with Gasteiger partial charge >= 0.3 is 0 Å². The highest BCUT2D eigenvalue weighted by Gasteiger charge is 2.16. The van der Waals surface area contributed by atoms with E-state index in [1.54, 1.807) is 32.9 Å². The molecule has 3 heterocycles. The topological polar surface area (TPSA) is 75.0 Å². The molecule has 8 heteroatoms. The maximum atomic E-state index is 5.51. The van der Waals surface area contributed by atoms with Gasteiger partial charge in [-0.1, -0.05) is 6.07 Å². The molecule has 0 N–H and O–H groups in total. The van der Waals surface area contributed by atoms with Gasteiger partial charge in [0.05, 0.1) is 25.3 Å². The van der Waals surface area contributed by atoms with E-state index in [0.29, 0.717) is 6.54 Å². The van der Waals surface area contributed by atoms with Crippen LogP contribution in [0.4, 0.5) is 0 Å². The Morgan fingerprint density at radius 1 is 1.07 bits per heavy atom. The summed E-state index contributed by atoms with van der Waals surface area (Å²) in [6.07, 6.45) is 5.85. The molecule has 0 fully saturated rings. The molecule has 4 rings (SSSR count). The number of pyridine rings is 1. The van der Waals surface area contributed by atoms with Crippen molar-refractivity contribution in [1.29, 1.82) is 0 Å². The highest BCUT2D eigenvalue weighted by Crippen LogP contribution is 2.37. The number of hydrogen-bond acceptors (Lipinski definition) is 7. The lowest BCUT2D eigenvalue weighted by molar-refractivity contribution is 0.394. The fourth-order valence-corrected chi connectivity index (χ4v) is 3.93. The van der Waals surface area contributed by atoms with Crippen molar-refractivity contribution in [2.24, 2.45) is 0 Å². The summed E-state index contributed by atoms with van der Waals surface area (Å²) in [5.41, 5.74) is 2.58. The number of fused-ring (bicyclic) bond motifs is 1. The number of ether oxygens (including phenoxy) is 2. The number of aromatic nitrogens is 5. The maximum Gasteiger partial charge on any atom is 0.175 e. The van der Waals surface area contributed by atoms with E-state index in [1.165, 1.54) is 11.8 Å². The van der Waals surface area contributed by atoms with Crippen LogP contribution in [0.1, 0.15) is 5.69 Å². The maximum absolute atomic E-state index is 5.51. The molecule has 142 valence electrons. The van der Waals surface area contributed by atoms with E-state index >= 15 is 0 Å². The van der Waals surface area contributed by atoms with Crippen LogP contribution in [0.2, 0.25) is 0 Å². The molecule has 7 nitrogen and oxygen atoms in total. The van der Waals surface area contributed by atoms with Crippen LogP contribution in [0, 0.1) is 0 Å². The summed E-state index contributed by atoms with van der Waals surface area (Å²) in [5.74, 6) is 1.53. The van der Waals surface area contributed by atoms with Gasteiger partial charge < -0.3 is 14.0 Å². The number of benzene rings is 1. The van der Waals surface area contributed by atoms with Crippen molar-refractivity contribution in [3.05, 3.63) is 60.8 Å². The summed E-state index contributed by atoms with van der Waals surface area (Å²) in [5, 5.41) is 0.818. The van der Waals surface area contributed by atoms with Gasteiger partial charge in [0, 0.05) is 24.9 Å². The monoisotopic (exact) mass is 393 g/mol. The molecule has 0 radical (unpaired) electrons. The van der Waals surface area contributed by atoms with Crippen LogP contribution >= 0.6 is 11.8 Å². The normalized spacial score (nSPS) is 10.9. The van der Waals surface area contributed by atoms with Crippen molar-refractivity contribution in [2.75, 3.05) is 14.2 Å². The van der Waals surface area contributed by atoms with Crippen molar-refractivity contribution < 1.29 is 9.47 Å². The second-order valence-electron chi connectivity index (χ2n) is 5.97. The zero-order valence-electron chi connectivity index (χ0n) is 15.6. The fraction of sp³-hybridized carbons (Fsp3) is 0.200. The molecule has 0 bridgehead atoms. The highest BCUT2D eigenvalue weighted by atomic mass is 32.2. The number of methoxy groups -OCH3 is 2. The lowest BCUT2D eigenvalue weighted by Crippen LogP contribution is -2.05. The van der Waals surface area contributed by atoms with Crippen LogP contribution in [0.25, 0.3) is 11.2 Å². The Labute approximate surface area is 166 Å². The number of nitrogens with zero attached hydrogens (tertiary/aromatic N) is 5. The first kappa shape index (κ1) is 18.2. The first-order valence-electron chi connectivity index (χ1n) is 8.74. The Kier molecular flexibility index (Phi) is 5.38. The molecule has 0 aliphatic carbocycles. The third-order valence-electron chi connectivity index (χ3n) is 4.27. The van der Waals surface area contributed by atoms with Gasteiger partial charge in [0.25, 0.3) is 0 Å². The third-order valence-corrected chi connectivity index (χ3v) is 5.30. The number of rotatable bonds is 7. The van der Waals surface area contributed by atoms with Crippen molar-refractivity contribution in [2.45, 2.75) is 23.0 Å². The lowest BCUT2D eigenvalue weighted by Gasteiger charge is -2.11. The largest absolute Gasteiger partial charge is 0.497 e. The quantitative estimate of drug-likeness (QED) is 0.474. The van der Waals surface area contributed by atoms with E-state index in [1.807, 2.05) is 36.4 Å². The Morgan fingerprint density at radius 3 is 2.79 bits per heavy atom. The van der Waals surface area contributed by atoms with Crippen molar-refractivity contribution in [1.82, 2.24) is 24.5 Å². The van der Waals surface area contributed by atoms with E-state index < -0.39 is 0 Å². The number of hydrogen-bond donors (Lipinski definition) is 0. The standard InChI is InChI=1S/C20H19N5O2S/c1-26-15-6-7-17(27-2)18(11-15)28-20-24-16-12-21-13-23-19(16)25(20)10-8-14-5-3-4-9-22-14/h3-7,9,11-13H,8,10H2,1-2H3. The predicted molar refractivity (Wildman–Crippen MR) is 107 cm³/mol.